The third kappa shape index (κ3) is 4.71. The van der Waals surface area contributed by atoms with Gasteiger partial charge in [0.05, 0.1) is 12.7 Å². The van der Waals surface area contributed by atoms with E-state index in [1.165, 1.54) is 6.42 Å². The first-order valence-electron chi connectivity index (χ1n) is 8.11. The minimum atomic E-state index is -0.507. The summed E-state index contributed by atoms with van der Waals surface area (Å²) in [6.45, 7) is 4.13. The molecule has 3 atom stereocenters. The van der Waals surface area contributed by atoms with Crippen LogP contribution in [0, 0.1) is 11.8 Å². The molecule has 23 heavy (non-hydrogen) atoms. The summed E-state index contributed by atoms with van der Waals surface area (Å²) in [5.74, 6) is 0.978. The van der Waals surface area contributed by atoms with Crippen molar-refractivity contribution in [2.75, 3.05) is 13.7 Å². The lowest BCUT2D eigenvalue weighted by atomic mass is 9.78. The molecule has 1 aliphatic carbocycles. The Hall–Kier alpha value is -2.04. The van der Waals surface area contributed by atoms with Crippen molar-refractivity contribution in [3.8, 4) is 5.75 Å². The third-order valence-corrected chi connectivity index (χ3v) is 4.71. The van der Waals surface area contributed by atoms with Gasteiger partial charge in [0, 0.05) is 6.04 Å². The monoisotopic (exact) mass is 319 g/mol. The lowest BCUT2D eigenvalue weighted by Gasteiger charge is -2.34. The summed E-state index contributed by atoms with van der Waals surface area (Å²) in [5.41, 5.74) is 0.401. The zero-order valence-corrected chi connectivity index (χ0v) is 14.0. The summed E-state index contributed by atoms with van der Waals surface area (Å²) in [4.78, 5) is 23.9. The summed E-state index contributed by atoms with van der Waals surface area (Å²) in [6.07, 6.45) is 3.33. The van der Waals surface area contributed by atoms with E-state index >= 15 is 0 Å². The van der Waals surface area contributed by atoms with Crippen LogP contribution in [0.1, 0.15) is 43.5 Å². The lowest BCUT2D eigenvalue weighted by molar-refractivity contribution is -0.125. The van der Waals surface area contributed by atoms with Gasteiger partial charge in [-0.1, -0.05) is 26.7 Å². The number of amides is 1. The predicted octanol–water partition coefficient (Wildman–Crippen LogP) is 2.79. The standard InChI is InChI=1S/C18H25NO4/c1-12-5-4-6-16(13(12)2)19-17(20)11-23-18(21)14-7-9-15(22-3)10-8-14/h7-10,12-13,16H,4-6,11H2,1-3H3,(H,19,20). The Bertz CT molecular complexity index is 540. The normalized spacial score (nSPS) is 23.9. The van der Waals surface area contributed by atoms with Gasteiger partial charge >= 0.3 is 5.97 Å². The molecule has 5 heteroatoms. The molecule has 0 aliphatic heterocycles. The second kappa shape index (κ2) is 7.99. The van der Waals surface area contributed by atoms with Gasteiger partial charge in [0.2, 0.25) is 0 Å². The van der Waals surface area contributed by atoms with Crippen LogP contribution in [-0.2, 0) is 9.53 Å². The number of carbonyl (C=O) groups is 2. The van der Waals surface area contributed by atoms with E-state index in [9.17, 15) is 9.59 Å². The fourth-order valence-corrected chi connectivity index (χ4v) is 2.98. The van der Waals surface area contributed by atoms with Gasteiger partial charge in [-0.05, 0) is 42.5 Å². The Morgan fingerprint density at radius 1 is 1.17 bits per heavy atom. The maximum Gasteiger partial charge on any atom is 0.338 e. The smallest absolute Gasteiger partial charge is 0.338 e. The van der Waals surface area contributed by atoms with E-state index in [0.717, 1.165) is 12.8 Å². The molecular weight excluding hydrogens is 294 g/mol. The average molecular weight is 319 g/mol. The molecule has 1 aromatic carbocycles. The quantitative estimate of drug-likeness (QED) is 0.848. The van der Waals surface area contributed by atoms with Gasteiger partial charge in [0.25, 0.3) is 5.91 Å². The van der Waals surface area contributed by atoms with E-state index in [0.29, 0.717) is 23.1 Å². The molecule has 5 nitrogen and oxygen atoms in total. The van der Waals surface area contributed by atoms with Gasteiger partial charge in [-0.15, -0.1) is 0 Å². The highest BCUT2D eigenvalue weighted by Gasteiger charge is 2.28. The van der Waals surface area contributed by atoms with Gasteiger partial charge in [-0.25, -0.2) is 4.79 Å². The van der Waals surface area contributed by atoms with Crippen LogP contribution in [0.4, 0.5) is 0 Å². The van der Waals surface area contributed by atoms with Gasteiger partial charge < -0.3 is 14.8 Å². The zero-order valence-electron chi connectivity index (χ0n) is 14.0. The Kier molecular flexibility index (Phi) is 6.02. The van der Waals surface area contributed by atoms with E-state index in [2.05, 4.69) is 19.2 Å². The van der Waals surface area contributed by atoms with Crippen molar-refractivity contribution in [2.24, 2.45) is 11.8 Å². The van der Waals surface area contributed by atoms with Crippen molar-refractivity contribution in [3.63, 3.8) is 0 Å². The molecule has 1 aromatic rings. The number of rotatable bonds is 5. The largest absolute Gasteiger partial charge is 0.497 e. The van der Waals surface area contributed by atoms with Crippen LogP contribution in [0.25, 0.3) is 0 Å². The number of methoxy groups -OCH3 is 1. The molecule has 2 rings (SSSR count). The van der Waals surface area contributed by atoms with Gasteiger partial charge in [0.1, 0.15) is 5.75 Å². The van der Waals surface area contributed by atoms with Crippen LogP contribution in [0.5, 0.6) is 5.75 Å². The molecule has 0 bridgehead atoms. The average Bonchev–Trinajstić information content (AvgIpc) is 2.57. The highest BCUT2D eigenvalue weighted by molar-refractivity contribution is 5.91. The molecule has 1 N–H and O–H groups in total. The second-order valence-electron chi connectivity index (χ2n) is 6.25. The molecular formula is C18H25NO4. The van der Waals surface area contributed by atoms with Crippen molar-refractivity contribution < 1.29 is 19.1 Å². The predicted molar refractivity (Wildman–Crippen MR) is 87.4 cm³/mol. The number of ether oxygens (including phenoxy) is 2. The van der Waals surface area contributed by atoms with E-state index in [1.54, 1.807) is 31.4 Å². The van der Waals surface area contributed by atoms with Crippen LogP contribution in [0.3, 0.4) is 0 Å². The van der Waals surface area contributed by atoms with Crippen LogP contribution in [0.15, 0.2) is 24.3 Å². The van der Waals surface area contributed by atoms with Crippen molar-refractivity contribution in [2.45, 2.75) is 39.2 Å². The van der Waals surface area contributed by atoms with Gasteiger partial charge in [0.15, 0.2) is 6.61 Å². The molecule has 3 unspecified atom stereocenters. The molecule has 1 amide bonds. The molecule has 0 radical (unpaired) electrons. The molecule has 1 saturated carbocycles. The van der Waals surface area contributed by atoms with Gasteiger partial charge in [-0.3, -0.25) is 4.79 Å². The molecule has 1 fully saturated rings. The number of carbonyl (C=O) groups excluding carboxylic acids is 2. The highest BCUT2D eigenvalue weighted by Crippen LogP contribution is 2.29. The number of benzene rings is 1. The number of esters is 1. The van der Waals surface area contributed by atoms with Crippen molar-refractivity contribution >= 4 is 11.9 Å². The molecule has 0 aromatic heterocycles. The summed E-state index contributed by atoms with van der Waals surface area (Å²) >= 11 is 0. The Morgan fingerprint density at radius 2 is 1.87 bits per heavy atom. The summed E-state index contributed by atoms with van der Waals surface area (Å²) < 4.78 is 10.1. The minimum Gasteiger partial charge on any atom is -0.497 e. The lowest BCUT2D eigenvalue weighted by Crippen LogP contribution is -2.45. The molecule has 126 valence electrons. The highest BCUT2D eigenvalue weighted by atomic mass is 16.5. The minimum absolute atomic E-state index is 0.172. The van der Waals surface area contributed by atoms with E-state index in [4.69, 9.17) is 9.47 Å². The van der Waals surface area contributed by atoms with E-state index in [1.807, 2.05) is 0 Å². The molecule has 0 heterocycles. The fourth-order valence-electron chi connectivity index (χ4n) is 2.98. The Morgan fingerprint density at radius 3 is 2.52 bits per heavy atom. The number of nitrogens with one attached hydrogen (secondary N) is 1. The van der Waals surface area contributed by atoms with E-state index in [-0.39, 0.29) is 18.6 Å². The molecule has 1 aliphatic rings. The first-order chi connectivity index (χ1) is 11.0. The Labute approximate surface area is 137 Å². The topological polar surface area (TPSA) is 64.6 Å². The van der Waals surface area contributed by atoms with Crippen molar-refractivity contribution in [1.82, 2.24) is 5.32 Å². The summed E-state index contributed by atoms with van der Waals surface area (Å²) in [6, 6.07) is 6.77. The maximum atomic E-state index is 12.0. The SMILES string of the molecule is COc1ccc(C(=O)OCC(=O)NC2CCCC(C)C2C)cc1. The number of hydrogen-bond acceptors (Lipinski definition) is 4. The van der Waals surface area contributed by atoms with Crippen LogP contribution < -0.4 is 10.1 Å². The molecule has 0 spiro atoms. The first-order valence-corrected chi connectivity index (χ1v) is 8.11. The maximum absolute atomic E-state index is 12.0. The second-order valence-corrected chi connectivity index (χ2v) is 6.25. The van der Waals surface area contributed by atoms with Crippen LogP contribution in [-0.4, -0.2) is 31.6 Å². The van der Waals surface area contributed by atoms with Crippen LogP contribution in [0.2, 0.25) is 0 Å². The van der Waals surface area contributed by atoms with Crippen molar-refractivity contribution in [1.29, 1.82) is 0 Å². The summed E-state index contributed by atoms with van der Waals surface area (Å²) in [5, 5.41) is 2.99. The number of hydrogen-bond donors (Lipinski definition) is 1. The molecule has 0 saturated heterocycles. The third-order valence-electron chi connectivity index (χ3n) is 4.71. The fraction of sp³-hybridized carbons (Fsp3) is 0.556. The zero-order chi connectivity index (χ0) is 16.8. The van der Waals surface area contributed by atoms with Crippen molar-refractivity contribution in [3.05, 3.63) is 29.8 Å². The summed E-state index contributed by atoms with van der Waals surface area (Å²) in [7, 11) is 1.56. The van der Waals surface area contributed by atoms with E-state index < -0.39 is 5.97 Å². The van der Waals surface area contributed by atoms with Gasteiger partial charge in [-0.2, -0.15) is 0 Å². The Balaban J connectivity index is 1.80. The first kappa shape index (κ1) is 17.3. The van der Waals surface area contributed by atoms with Crippen LogP contribution >= 0.6 is 0 Å².